The topological polar surface area (TPSA) is 77.0 Å². The number of benzene rings is 1. The van der Waals surface area contributed by atoms with E-state index in [1.54, 1.807) is 17.8 Å². The Balaban J connectivity index is 1.43. The molecule has 1 aliphatic heterocycles. The molecule has 1 atom stereocenters. The van der Waals surface area contributed by atoms with Gasteiger partial charge in [0.25, 0.3) is 5.91 Å². The fraction of sp³-hybridized carbons (Fsp3) is 0.222. The highest BCUT2D eigenvalue weighted by atomic mass is 35.5. The summed E-state index contributed by atoms with van der Waals surface area (Å²) in [7, 11) is 0. The first-order valence-electron chi connectivity index (χ1n) is 8.16. The Kier molecular flexibility index (Phi) is 5.29. The van der Waals surface area contributed by atoms with Crippen LogP contribution in [0.15, 0.2) is 40.6 Å². The molecule has 27 heavy (non-hydrogen) atoms. The zero-order chi connectivity index (χ0) is 18.8. The molecule has 1 aliphatic rings. The summed E-state index contributed by atoms with van der Waals surface area (Å²) in [5, 5.41) is 5.19. The van der Waals surface area contributed by atoms with E-state index in [9.17, 15) is 4.79 Å². The summed E-state index contributed by atoms with van der Waals surface area (Å²) in [4.78, 5) is 24.6. The maximum atomic E-state index is 12.2. The van der Waals surface area contributed by atoms with E-state index >= 15 is 0 Å². The minimum absolute atomic E-state index is 0.164. The molecule has 2 aromatic heterocycles. The second kappa shape index (κ2) is 7.84. The zero-order valence-electron chi connectivity index (χ0n) is 14.3. The molecule has 1 aromatic carbocycles. The van der Waals surface area contributed by atoms with Gasteiger partial charge in [0, 0.05) is 35.3 Å². The van der Waals surface area contributed by atoms with Crippen molar-refractivity contribution in [3.63, 3.8) is 0 Å². The van der Waals surface area contributed by atoms with Crippen LogP contribution in [-0.4, -0.2) is 39.8 Å². The number of carbonyl (C=O) groups excluding carboxylic acids is 1. The van der Waals surface area contributed by atoms with Gasteiger partial charge in [0.2, 0.25) is 0 Å². The van der Waals surface area contributed by atoms with Crippen LogP contribution in [0.1, 0.15) is 16.1 Å². The van der Waals surface area contributed by atoms with Crippen molar-refractivity contribution in [2.45, 2.75) is 16.9 Å². The van der Waals surface area contributed by atoms with Gasteiger partial charge in [-0.1, -0.05) is 23.4 Å². The molecule has 0 fully saturated rings. The lowest BCUT2D eigenvalue weighted by Gasteiger charge is -2.11. The highest BCUT2D eigenvalue weighted by Gasteiger charge is 2.27. The number of halogens is 1. The number of rotatable bonds is 5. The molecule has 0 radical (unpaired) electrons. The first kappa shape index (κ1) is 18.2. The number of aromatic nitrogens is 3. The molecule has 9 heteroatoms. The van der Waals surface area contributed by atoms with Gasteiger partial charge < -0.3 is 10.1 Å². The number of amides is 1. The second-order valence-electron chi connectivity index (χ2n) is 5.93. The molecular formula is C18H15ClN4O2S2. The first-order valence-corrected chi connectivity index (χ1v) is 10.6. The van der Waals surface area contributed by atoms with Crippen LogP contribution in [0.3, 0.4) is 0 Å². The van der Waals surface area contributed by atoms with Gasteiger partial charge in [0.15, 0.2) is 0 Å². The van der Waals surface area contributed by atoms with Gasteiger partial charge in [-0.2, -0.15) is 0 Å². The van der Waals surface area contributed by atoms with Gasteiger partial charge in [-0.3, -0.25) is 4.79 Å². The maximum Gasteiger partial charge on any atom is 0.270 e. The van der Waals surface area contributed by atoms with E-state index in [0.717, 1.165) is 21.0 Å². The number of nitrogens with zero attached hydrogens (tertiary/aromatic N) is 3. The molecule has 3 heterocycles. The van der Waals surface area contributed by atoms with Crippen LogP contribution < -0.4 is 10.1 Å². The van der Waals surface area contributed by atoms with Crippen LogP contribution in [0.4, 0.5) is 0 Å². The van der Waals surface area contributed by atoms with E-state index in [0.29, 0.717) is 29.4 Å². The molecule has 1 N–H and O–H groups in total. The van der Waals surface area contributed by atoms with E-state index in [1.807, 2.05) is 18.4 Å². The van der Waals surface area contributed by atoms with Crippen LogP contribution in [0.2, 0.25) is 5.02 Å². The normalized spacial score (nSPS) is 15.3. The van der Waals surface area contributed by atoms with Crippen molar-refractivity contribution < 1.29 is 9.53 Å². The Morgan fingerprint density at radius 1 is 1.37 bits per heavy atom. The molecule has 6 nitrogen and oxygen atoms in total. The molecule has 0 spiro atoms. The number of fused-ring (bicyclic) bond motifs is 1. The van der Waals surface area contributed by atoms with Gasteiger partial charge in [0.05, 0.1) is 11.6 Å². The predicted molar refractivity (Wildman–Crippen MR) is 107 cm³/mol. The lowest BCUT2D eigenvalue weighted by Crippen LogP contribution is -2.34. The number of thioether (sulfide) groups is 1. The van der Waals surface area contributed by atoms with Gasteiger partial charge >= 0.3 is 0 Å². The minimum atomic E-state index is -0.195. The molecule has 4 rings (SSSR count). The van der Waals surface area contributed by atoms with Crippen molar-refractivity contribution in [2.75, 3.05) is 12.8 Å². The summed E-state index contributed by atoms with van der Waals surface area (Å²) in [5.41, 5.74) is 3.29. The van der Waals surface area contributed by atoms with E-state index in [4.69, 9.17) is 16.3 Å². The minimum Gasteiger partial charge on any atom is -0.486 e. The highest BCUT2D eigenvalue weighted by molar-refractivity contribution is 8.00. The smallest absolute Gasteiger partial charge is 0.270 e. The monoisotopic (exact) mass is 418 g/mol. The summed E-state index contributed by atoms with van der Waals surface area (Å²) < 4.78 is 6.81. The zero-order valence-corrected chi connectivity index (χ0v) is 16.7. The van der Waals surface area contributed by atoms with Gasteiger partial charge in [-0.15, -0.1) is 11.3 Å². The summed E-state index contributed by atoms with van der Waals surface area (Å²) >= 11 is 9.38. The van der Waals surface area contributed by atoms with E-state index in [1.165, 1.54) is 29.4 Å². The number of thiazole rings is 1. The van der Waals surface area contributed by atoms with Gasteiger partial charge in [-0.05, 0) is 24.0 Å². The summed E-state index contributed by atoms with van der Waals surface area (Å²) in [6.07, 6.45) is 7.42. The number of ether oxygens (including phenoxy) is 1. The molecule has 1 amide bonds. The average Bonchev–Trinajstić information content (AvgIpc) is 3.34. The molecule has 0 aliphatic carbocycles. The van der Waals surface area contributed by atoms with Crippen molar-refractivity contribution >= 4 is 40.6 Å². The van der Waals surface area contributed by atoms with E-state index in [2.05, 4.69) is 20.3 Å². The number of nitrogens with one attached hydrogen (secondary N) is 1. The van der Waals surface area contributed by atoms with Gasteiger partial charge in [0.1, 0.15) is 28.2 Å². The Bertz CT molecular complexity index is 981. The Hall–Kier alpha value is -2.16. The van der Waals surface area contributed by atoms with Crippen molar-refractivity contribution in [3.05, 3.63) is 52.5 Å². The standard InChI is InChI=1S/C18H15ClN4O2S2/c1-26-18-23-15(8-27-18)17(24)22-7-13-3-11-2-10(4-14(19)16(11)25-13)12-5-20-9-21-6-12/h2,4-6,8-9,13H,3,7H2,1H3,(H,22,24)/t13-/m0/s1. The van der Waals surface area contributed by atoms with Crippen molar-refractivity contribution in [1.82, 2.24) is 20.3 Å². The predicted octanol–water partition coefficient (Wildman–Crippen LogP) is 3.71. The van der Waals surface area contributed by atoms with Crippen molar-refractivity contribution in [2.24, 2.45) is 0 Å². The highest BCUT2D eigenvalue weighted by Crippen LogP contribution is 2.39. The van der Waals surface area contributed by atoms with Crippen molar-refractivity contribution in [1.29, 1.82) is 0 Å². The number of hydrogen-bond donors (Lipinski definition) is 1. The molecule has 0 unspecified atom stereocenters. The lowest BCUT2D eigenvalue weighted by atomic mass is 10.0. The average molecular weight is 419 g/mol. The molecule has 0 saturated carbocycles. The van der Waals surface area contributed by atoms with E-state index in [-0.39, 0.29) is 12.0 Å². The third-order valence-corrected chi connectivity index (χ3v) is 6.27. The largest absolute Gasteiger partial charge is 0.486 e. The van der Waals surface area contributed by atoms with E-state index < -0.39 is 0 Å². The van der Waals surface area contributed by atoms with Gasteiger partial charge in [-0.25, -0.2) is 15.0 Å². The van der Waals surface area contributed by atoms with Crippen LogP contribution in [0.5, 0.6) is 5.75 Å². The third-order valence-electron chi connectivity index (χ3n) is 4.13. The molecule has 3 aromatic rings. The Morgan fingerprint density at radius 3 is 2.93 bits per heavy atom. The Morgan fingerprint density at radius 2 is 2.19 bits per heavy atom. The fourth-order valence-corrected chi connectivity index (χ4v) is 4.39. The van der Waals surface area contributed by atoms with Crippen LogP contribution in [0, 0.1) is 0 Å². The summed E-state index contributed by atoms with van der Waals surface area (Å²) in [6, 6.07) is 3.88. The summed E-state index contributed by atoms with van der Waals surface area (Å²) in [6.45, 7) is 0.389. The quantitative estimate of drug-likeness (QED) is 0.636. The number of hydrogen-bond acceptors (Lipinski definition) is 7. The molecule has 138 valence electrons. The van der Waals surface area contributed by atoms with Crippen LogP contribution in [0.25, 0.3) is 11.1 Å². The molecular weight excluding hydrogens is 404 g/mol. The molecule has 0 bridgehead atoms. The third kappa shape index (κ3) is 3.92. The first-order chi connectivity index (χ1) is 13.1. The lowest BCUT2D eigenvalue weighted by molar-refractivity contribution is 0.0929. The Labute approximate surface area is 169 Å². The number of carbonyl (C=O) groups is 1. The van der Waals surface area contributed by atoms with Crippen LogP contribution >= 0.6 is 34.7 Å². The van der Waals surface area contributed by atoms with Crippen LogP contribution in [-0.2, 0) is 6.42 Å². The second-order valence-corrected chi connectivity index (χ2v) is 8.25. The fourth-order valence-electron chi connectivity index (χ4n) is 2.87. The molecule has 0 saturated heterocycles. The van der Waals surface area contributed by atoms with Crippen molar-refractivity contribution in [3.8, 4) is 16.9 Å². The SMILES string of the molecule is CSc1nc(C(=O)NC[C@@H]2Cc3cc(-c4cncnc4)cc(Cl)c3O2)cs1. The summed E-state index contributed by atoms with van der Waals surface area (Å²) in [5.74, 6) is 0.481. The maximum absolute atomic E-state index is 12.2.